The van der Waals surface area contributed by atoms with Crippen LogP contribution in [-0.4, -0.2) is 11.9 Å². The smallest absolute Gasteiger partial charge is 0.363 e. The Hall–Kier alpha value is -2.75. The van der Waals surface area contributed by atoms with Crippen molar-refractivity contribution >= 4 is 17.9 Å². The quantitative estimate of drug-likeness (QED) is 0.626. The molecule has 0 saturated heterocycles. The monoisotopic (exact) mass is 309 g/mol. The van der Waals surface area contributed by atoms with E-state index in [-0.39, 0.29) is 17.4 Å². The molecule has 0 aliphatic carbocycles. The summed E-state index contributed by atoms with van der Waals surface area (Å²) < 4.78 is 18.1. The third-order valence-corrected chi connectivity index (χ3v) is 3.62. The van der Waals surface area contributed by atoms with Crippen LogP contribution < -0.4 is 0 Å². The van der Waals surface area contributed by atoms with Crippen LogP contribution >= 0.6 is 0 Å². The summed E-state index contributed by atoms with van der Waals surface area (Å²) in [5.41, 5.74) is 2.92. The first-order valence-corrected chi connectivity index (χ1v) is 7.41. The first kappa shape index (κ1) is 15.2. The summed E-state index contributed by atoms with van der Waals surface area (Å²) in [6.07, 6.45) is 1.68. The van der Waals surface area contributed by atoms with E-state index in [4.69, 9.17) is 4.74 Å². The number of ether oxygens (including phenoxy) is 1. The maximum atomic E-state index is 12.9. The lowest BCUT2D eigenvalue weighted by atomic mass is 10.0. The van der Waals surface area contributed by atoms with E-state index in [1.54, 1.807) is 6.08 Å². The largest absolute Gasteiger partial charge is 0.402 e. The molecular weight excluding hydrogens is 293 g/mol. The Labute approximate surface area is 134 Å². The van der Waals surface area contributed by atoms with Gasteiger partial charge in [-0.1, -0.05) is 38.1 Å². The van der Waals surface area contributed by atoms with Crippen molar-refractivity contribution in [2.24, 2.45) is 4.99 Å². The van der Waals surface area contributed by atoms with E-state index in [1.165, 1.54) is 29.8 Å². The van der Waals surface area contributed by atoms with Gasteiger partial charge in [0.2, 0.25) is 5.90 Å². The average Bonchev–Trinajstić information content (AvgIpc) is 2.89. The molecule has 0 N–H and O–H groups in total. The van der Waals surface area contributed by atoms with Crippen LogP contribution in [0, 0.1) is 5.82 Å². The molecule has 2 aromatic rings. The van der Waals surface area contributed by atoms with Crippen LogP contribution in [0.15, 0.2) is 59.2 Å². The molecule has 0 fully saturated rings. The predicted octanol–water partition coefficient (Wildman–Crippen LogP) is 4.29. The Bertz CT molecular complexity index is 787. The topological polar surface area (TPSA) is 38.7 Å². The second-order valence-electron chi connectivity index (χ2n) is 5.66. The van der Waals surface area contributed by atoms with Gasteiger partial charge in [-0.15, -0.1) is 0 Å². The van der Waals surface area contributed by atoms with Crippen molar-refractivity contribution in [2.75, 3.05) is 0 Å². The lowest BCUT2D eigenvalue weighted by Gasteiger charge is -2.04. The molecule has 0 bridgehead atoms. The molecule has 0 atom stereocenters. The van der Waals surface area contributed by atoms with Gasteiger partial charge in [-0.05, 0) is 47.4 Å². The lowest BCUT2D eigenvalue weighted by molar-refractivity contribution is -0.129. The summed E-state index contributed by atoms with van der Waals surface area (Å²) in [5, 5.41) is 0. The number of halogens is 1. The third-order valence-electron chi connectivity index (χ3n) is 3.62. The van der Waals surface area contributed by atoms with E-state index < -0.39 is 5.97 Å². The molecule has 116 valence electrons. The lowest BCUT2D eigenvalue weighted by Crippen LogP contribution is -2.05. The fraction of sp³-hybridized carbons (Fsp3) is 0.158. The minimum Gasteiger partial charge on any atom is -0.402 e. The van der Waals surface area contributed by atoms with E-state index >= 15 is 0 Å². The average molecular weight is 309 g/mol. The highest BCUT2D eigenvalue weighted by Gasteiger charge is 2.24. The van der Waals surface area contributed by atoms with E-state index in [0.29, 0.717) is 11.5 Å². The molecule has 23 heavy (non-hydrogen) atoms. The van der Waals surface area contributed by atoms with Gasteiger partial charge in [0.1, 0.15) is 5.82 Å². The molecule has 0 radical (unpaired) electrons. The van der Waals surface area contributed by atoms with Gasteiger partial charge < -0.3 is 4.74 Å². The van der Waals surface area contributed by atoms with Crippen LogP contribution in [0.1, 0.15) is 36.5 Å². The molecule has 1 heterocycles. The van der Waals surface area contributed by atoms with E-state index in [9.17, 15) is 9.18 Å². The maximum Gasteiger partial charge on any atom is 0.363 e. The van der Waals surface area contributed by atoms with Crippen LogP contribution in [0.25, 0.3) is 6.08 Å². The van der Waals surface area contributed by atoms with E-state index in [2.05, 4.69) is 18.8 Å². The number of cyclic esters (lactones) is 1. The van der Waals surface area contributed by atoms with E-state index in [0.717, 1.165) is 5.56 Å². The van der Waals surface area contributed by atoms with Crippen molar-refractivity contribution in [1.29, 1.82) is 0 Å². The number of carbonyl (C=O) groups is 1. The number of benzene rings is 2. The molecule has 3 rings (SSSR count). The van der Waals surface area contributed by atoms with Gasteiger partial charge in [-0.3, -0.25) is 0 Å². The van der Waals surface area contributed by atoms with Crippen LogP contribution in [0.3, 0.4) is 0 Å². The Morgan fingerprint density at radius 2 is 1.70 bits per heavy atom. The number of hydrogen-bond acceptors (Lipinski definition) is 3. The van der Waals surface area contributed by atoms with Gasteiger partial charge in [-0.25, -0.2) is 14.2 Å². The fourth-order valence-electron chi connectivity index (χ4n) is 2.26. The van der Waals surface area contributed by atoms with Gasteiger partial charge in [0.15, 0.2) is 5.70 Å². The molecule has 4 heteroatoms. The van der Waals surface area contributed by atoms with Crippen molar-refractivity contribution in [3.63, 3.8) is 0 Å². The third kappa shape index (κ3) is 3.37. The summed E-state index contributed by atoms with van der Waals surface area (Å²) in [6.45, 7) is 4.25. The van der Waals surface area contributed by atoms with Crippen LogP contribution in [0.4, 0.5) is 4.39 Å². The SMILES string of the molecule is CC(C)c1ccc(/C=C2\N=C(c3ccc(F)cc3)OC2=O)cc1. The zero-order chi connectivity index (χ0) is 16.4. The molecule has 0 aromatic heterocycles. The summed E-state index contributed by atoms with van der Waals surface area (Å²) in [4.78, 5) is 16.1. The molecule has 0 saturated carbocycles. The Kier molecular flexibility index (Phi) is 4.06. The summed E-state index contributed by atoms with van der Waals surface area (Å²) in [5.74, 6) is -0.201. The second kappa shape index (κ2) is 6.16. The minimum absolute atomic E-state index is 0.194. The summed E-state index contributed by atoms with van der Waals surface area (Å²) in [7, 11) is 0. The predicted molar refractivity (Wildman–Crippen MR) is 87.5 cm³/mol. The fourth-order valence-corrected chi connectivity index (χ4v) is 2.26. The number of aliphatic imine (C=N–C) groups is 1. The van der Waals surface area contributed by atoms with Crippen LogP contribution in [0.2, 0.25) is 0 Å². The molecular formula is C19H16FNO2. The van der Waals surface area contributed by atoms with Crippen molar-refractivity contribution in [3.8, 4) is 0 Å². The summed E-state index contributed by atoms with van der Waals surface area (Å²) in [6, 6.07) is 13.6. The highest BCUT2D eigenvalue weighted by Crippen LogP contribution is 2.21. The van der Waals surface area contributed by atoms with Crippen molar-refractivity contribution in [2.45, 2.75) is 19.8 Å². The Morgan fingerprint density at radius 3 is 2.30 bits per heavy atom. The Morgan fingerprint density at radius 1 is 1.04 bits per heavy atom. The molecule has 1 aliphatic rings. The maximum absolute atomic E-state index is 12.9. The van der Waals surface area contributed by atoms with Gasteiger partial charge in [0.25, 0.3) is 0 Å². The second-order valence-corrected chi connectivity index (χ2v) is 5.66. The zero-order valence-corrected chi connectivity index (χ0v) is 12.9. The van der Waals surface area contributed by atoms with Gasteiger partial charge in [0, 0.05) is 5.56 Å². The van der Waals surface area contributed by atoms with Gasteiger partial charge >= 0.3 is 5.97 Å². The number of rotatable bonds is 3. The number of hydrogen-bond donors (Lipinski definition) is 0. The van der Waals surface area contributed by atoms with Crippen molar-refractivity contribution in [3.05, 3.63) is 76.7 Å². The molecule has 2 aromatic carbocycles. The van der Waals surface area contributed by atoms with Crippen molar-refractivity contribution < 1.29 is 13.9 Å². The first-order valence-electron chi connectivity index (χ1n) is 7.41. The Balaban J connectivity index is 1.87. The van der Waals surface area contributed by atoms with Crippen LogP contribution in [0.5, 0.6) is 0 Å². The molecule has 1 aliphatic heterocycles. The van der Waals surface area contributed by atoms with Gasteiger partial charge in [0.05, 0.1) is 0 Å². The first-order chi connectivity index (χ1) is 11.0. The van der Waals surface area contributed by atoms with Crippen LogP contribution in [-0.2, 0) is 9.53 Å². The molecule has 0 spiro atoms. The van der Waals surface area contributed by atoms with Crippen molar-refractivity contribution in [1.82, 2.24) is 0 Å². The zero-order valence-electron chi connectivity index (χ0n) is 12.9. The standard InChI is InChI=1S/C19H16FNO2/c1-12(2)14-5-3-13(4-6-14)11-17-19(22)23-18(21-17)15-7-9-16(20)10-8-15/h3-12H,1-2H3/b17-11-. The normalized spacial score (nSPS) is 15.9. The molecule has 0 unspecified atom stereocenters. The highest BCUT2D eigenvalue weighted by molar-refractivity contribution is 6.12. The minimum atomic E-state index is -0.503. The number of esters is 1. The van der Waals surface area contributed by atoms with E-state index in [1.807, 2.05) is 24.3 Å². The highest BCUT2D eigenvalue weighted by atomic mass is 19.1. The number of carbonyl (C=O) groups excluding carboxylic acids is 1. The number of nitrogens with zero attached hydrogens (tertiary/aromatic N) is 1. The molecule has 0 amide bonds. The van der Waals surface area contributed by atoms with Gasteiger partial charge in [-0.2, -0.15) is 0 Å². The molecule has 3 nitrogen and oxygen atoms in total. The summed E-state index contributed by atoms with van der Waals surface area (Å²) >= 11 is 0.